The summed E-state index contributed by atoms with van der Waals surface area (Å²) in [5.41, 5.74) is 0. The van der Waals surface area contributed by atoms with E-state index in [9.17, 15) is 4.79 Å². The average Bonchev–Trinajstić information content (AvgIpc) is 2.60. The van der Waals surface area contributed by atoms with Crippen molar-refractivity contribution in [3.05, 3.63) is 0 Å². The van der Waals surface area contributed by atoms with Crippen molar-refractivity contribution < 1.29 is 19.0 Å². The minimum absolute atomic E-state index is 0.0411. The fourth-order valence-electron chi connectivity index (χ4n) is 1.95. The predicted octanol–water partition coefficient (Wildman–Crippen LogP) is 0.558. The Kier molecular flexibility index (Phi) is 2.51. The lowest BCUT2D eigenvalue weighted by atomic mass is 9.94. The van der Waals surface area contributed by atoms with Gasteiger partial charge in [-0.05, 0) is 6.42 Å². The van der Waals surface area contributed by atoms with Crippen molar-refractivity contribution in [2.75, 3.05) is 19.8 Å². The first kappa shape index (κ1) is 8.97. The van der Waals surface area contributed by atoms with Gasteiger partial charge in [-0.25, -0.2) is 0 Å². The molecule has 0 aromatic carbocycles. The molecule has 2 aliphatic rings. The third kappa shape index (κ3) is 1.84. The van der Waals surface area contributed by atoms with Crippen LogP contribution < -0.4 is 0 Å². The van der Waals surface area contributed by atoms with Gasteiger partial charge >= 0.3 is 5.97 Å². The van der Waals surface area contributed by atoms with Crippen LogP contribution in [0.4, 0.5) is 0 Å². The van der Waals surface area contributed by atoms with Crippen LogP contribution in [-0.2, 0) is 19.0 Å². The maximum atomic E-state index is 10.6. The third-order valence-electron chi connectivity index (χ3n) is 2.66. The molecule has 4 heteroatoms. The normalized spacial score (nSPS) is 37.5. The van der Waals surface area contributed by atoms with Crippen LogP contribution in [0.1, 0.15) is 13.3 Å². The number of ether oxygens (including phenoxy) is 3. The molecule has 0 aromatic heterocycles. The molecule has 74 valence electrons. The molecule has 0 radical (unpaired) electrons. The Balaban J connectivity index is 1.83. The number of fused-ring (bicyclic) bond motifs is 1. The molecule has 2 heterocycles. The molecule has 13 heavy (non-hydrogen) atoms. The van der Waals surface area contributed by atoms with Gasteiger partial charge in [0.25, 0.3) is 0 Å². The van der Waals surface area contributed by atoms with Gasteiger partial charge in [0, 0.05) is 18.8 Å². The number of rotatable bonds is 2. The zero-order valence-electron chi connectivity index (χ0n) is 7.69. The second-order valence-corrected chi connectivity index (χ2v) is 3.59. The van der Waals surface area contributed by atoms with Crippen LogP contribution in [0.5, 0.6) is 0 Å². The average molecular weight is 186 g/mol. The van der Waals surface area contributed by atoms with Crippen LogP contribution in [0.25, 0.3) is 0 Å². The SMILES string of the molecule is CC(=O)OC[C@H]1CO[C@H]2OCC[C@@H]12. The van der Waals surface area contributed by atoms with Crippen molar-refractivity contribution in [2.24, 2.45) is 11.8 Å². The highest BCUT2D eigenvalue weighted by Crippen LogP contribution is 2.35. The van der Waals surface area contributed by atoms with E-state index in [0.29, 0.717) is 25.0 Å². The van der Waals surface area contributed by atoms with E-state index >= 15 is 0 Å². The van der Waals surface area contributed by atoms with E-state index in [1.54, 1.807) is 0 Å². The van der Waals surface area contributed by atoms with E-state index in [2.05, 4.69) is 0 Å². The largest absolute Gasteiger partial charge is 0.465 e. The summed E-state index contributed by atoms with van der Waals surface area (Å²) in [5, 5.41) is 0. The maximum Gasteiger partial charge on any atom is 0.302 e. The number of carbonyl (C=O) groups is 1. The molecular formula is C9H14O4. The zero-order valence-corrected chi connectivity index (χ0v) is 7.69. The Morgan fingerprint density at radius 3 is 3.15 bits per heavy atom. The smallest absolute Gasteiger partial charge is 0.302 e. The van der Waals surface area contributed by atoms with Gasteiger partial charge in [-0.1, -0.05) is 0 Å². The summed E-state index contributed by atoms with van der Waals surface area (Å²) in [4.78, 5) is 10.6. The first-order valence-electron chi connectivity index (χ1n) is 4.64. The van der Waals surface area contributed by atoms with E-state index in [1.807, 2.05) is 0 Å². The molecule has 2 aliphatic heterocycles. The van der Waals surface area contributed by atoms with Gasteiger partial charge in [-0.2, -0.15) is 0 Å². The van der Waals surface area contributed by atoms with Crippen molar-refractivity contribution in [1.29, 1.82) is 0 Å². The number of hydrogen-bond donors (Lipinski definition) is 0. The molecule has 3 atom stereocenters. The topological polar surface area (TPSA) is 44.8 Å². The highest BCUT2D eigenvalue weighted by molar-refractivity contribution is 5.65. The Bertz CT molecular complexity index is 204. The fraction of sp³-hybridized carbons (Fsp3) is 0.889. The first-order chi connectivity index (χ1) is 6.27. The molecule has 4 nitrogen and oxygen atoms in total. The van der Waals surface area contributed by atoms with Crippen molar-refractivity contribution in [1.82, 2.24) is 0 Å². The van der Waals surface area contributed by atoms with Gasteiger partial charge in [0.15, 0.2) is 6.29 Å². The molecule has 0 aromatic rings. The molecule has 2 rings (SSSR count). The Morgan fingerprint density at radius 2 is 2.38 bits per heavy atom. The van der Waals surface area contributed by atoms with Crippen LogP contribution >= 0.6 is 0 Å². The van der Waals surface area contributed by atoms with Crippen molar-refractivity contribution >= 4 is 5.97 Å². The standard InChI is InChI=1S/C9H14O4/c1-6(10)12-4-7-5-13-9-8(7)2-3-11-9/h7-9H,2-5H2,1H3/t7-,8-,9+/m0/s1. The molecule has 0 saturated carbocycles. The van der Waals surface area contributed by atoms with Gasteiger partial charge in [0.1, 0.15) is 0 Å². The highest BCUT2D eigenvalue weighted by Gasteiger charge is 2.41. The van der Waals surface area contributed by atoms with Gasteiger partial charge in [0.05, 0.1) is 19.8 Å². The van der Waals surface area contributed by atoms with Crippen LogP contribution in [0.2, 0.25) is 0 Å². The van der Waals surface area contributed by atoms with E-state index < -0.39 is 0 Å². The Hall–Kier alpha value is -0.610. The maximum absolute atomic E-state index is 10.6. The summed E-state index contributed by atoms with van der Waals surface area (Å²) in [7, 11) is 0. The predicted molar refractivity (Wildman–Crippen MR) is 43.9 cm³/mol. The Labute approximate surface area is 77.1 Å². The second kappa shape index (κ2) is 3.64. The van der Waals surface area contributed by atoms with E-state index in [4.69, 9.17) is 14.2 Å². The molecule has 0 amide bonds. The third-order valence-corrected chi connectivity index (χ3v) is 2.66. The van der Waals surface area contributed by atoms with Crippen molar-refractivity contribution in [3.8, 4) is 0 Å². The summed E-state index contributed by atoms with van der Waals surface area (Å²) in [6.07, 6.45) is 0.983. The molecule has 0 N–H and O–H groups in total. The fourth-order valence-corrected chi connectivity index (χ4v) is 1.95. The molecule has 2 saturated heterocycles. The summed E-state index contributed by atoms with van der Waals surface area (Å²) in [6.45, 7) is 3.33. The molecule has 2 fully saturated rings. The highest BCUT2D eigenvalue weighted by atomic mass is 16.7. The van der Waals surface area contributed by atoms with Gasteiger partial charge in [-0.15, -0.1) is 0 Å². The Morgan fingerprint density at radius 1 is 1.54 bits per heavy atom. The van der Waals surface area contributed by atoms with Crippen molar-refractivity contribution in [3.63, 3.8) is 0 Å². The monoisotopic (exact) mass is 186 g/mol. The lowest BCUT2D eigenvalue weighted by Gasteiger charge is -2.13. The van der Waals surface area contributed by atoms with Gasteiger partial charge in [-0.3, -0.25) is 4.79 Å². The minimum atomic E-state index is -0.220. The van der Waals surface area contributed by atoms with Crippen LogP contribution in [0, 0.1) is 11.8 Å². The van der Waals surface area contributed by atoms with E-state index in [0.717, 1.165) is 13.0 Å². The summed E-state index contributed by atoms with van der Waals surface area (Å²) in [6, 6.07) is 0. The molecular weight excluding hydrogens is 172 g/mol. The summed E-state index contributed by atoms with van der Waals surface area (Å²) in [5.74, 6) is 0.540. The second-order valence-electron chi connectivity index (χ2n) is 3.59. The molecule has 0 bridgehead atoms. The number of hydrogen-bond acceptors (Lipinski definition) is 4. The van der Waals surface area contributed by atoms with Crippen LogP contribution in [-0.4, -0.2) is 32.1 Å². The molecule has 0 unspecified atom stereocenters. The number of carbonyl (C=O) groups excluding carboxylic acids is 1. The minimum Gasteiger partial charge on any atom is -0.465 e. The zero-order chi connectivity index (χ0) is 9.26. The van der Waals surface area contributed by atoms with Crippen LogP contribution in [0.3, 0.4) is 0 Å². The first-order valence-corrected chi connectivity index (χ1v) is 4.64. The van der Waals surface area contributed by atoms with Crippen LogP contribution in [0.15, 0.2) is 0 Å². The molecule has 0 spiro atoms. The van der Waals surface area contributed by atoms with E-state index in [-0.39, 0.29) is 12.3 Å². The lowest BCUT2D eigenvalue weighted by Crippen LogP contribution is -2.20. The van der Waals surface area contributed by atoms with Gasteiger partial charge in [0.2, 0.25) is 0 Å². The lowest BCUT2D eigenvalue weighted by molar-refractivity contribution is -0.142. The van der Waals surface area contributed by atoms with E-state index in [1.165, 1.54) is 6.92 Å². The molecule has 0 aliphatic carbocycles. The van der Waals surface area contributed by atoms with Gasteiger partial charge < -0.3 is 14.2 Å². The quantitative estimate of drug-likeness (QED) is 0.591. The number of esters is 1. The van der Waals surface area contributed by atoms with Crippen molar-refractivity contribution in [2.45, 2.75) is 19.6 Å². The summed E-state index contributed by atoms with van der Waals surface area (Å²) < 4.78 is 15.7. The summed E-state index contributed by atoms with van der Waals surface area (Å²) >= 11 is 0.